The van der Waals surface area contributed by atoms with Gasteiger partial charge in [-0.15, -0.1) is 0 Å². The minimum Gasteiger partial charge on any atom is -0.481 e. The summed E-state index contributed by atoms with van der Waals surface area (Å²) in [5, 5.41) is 0. The second kappa shape index (κ2) is 6.53. The summed E-state index contributed by atoms with van der Waals surface area (Å²) >= 11 is 0. The molecule has 5 nitrogen and oxygen atoms in total. The fraction of sp³-hybridized carbons (Fsp3) is 0.389. The molecule has 1 aliphatic heterocycles. The maximum absolute atomic E-state index is 13.0. The monoisotopic (exact) mass is 346 g/mol. The minimum atomic E-state index is -3.51. The molecule has 1 aromatic heterocycles. The normalized spacial score (nSPS) is 18.7. The van der Waals surface area contributed by atoms with E-state index in [1.54, 1.807) is 29.7 Å². The molecule has 1 fully saturated rings. The molecule has 1 aromatic carbocycles. The Morgan fingerprint density at radius 1 is 1.21 bits per heavy atom. The van der Waals surface area contributed by atoms with Gasteiger partial charge in [-0.3, -0.25) is 0 Å². The number of aromatic nitrogens is 1. The van der Waals surface area contributed by atoms with Gasteiger partial charge in [0, 0.05) is 18.8 Å². The van der Waals surface area contributed by atoms with Gasteiger partial charge in [0.1, 0.15) is 0 Å². The number of rotatable bonds is 4. The van der Waals surface area contributed by atoms with Crippen molar-refractivity contribution in [2.24, 2.45) is 0 Å². The molecule has 24 heavy (non-hydrogen) atoms. The topological polar surface area (TPSA) is 59.5 Å². The summed E-state index contributed by atoms with van der Waals surface area (Å²) in [6.45, 7) is 4.45. The molecule has 0 radical (unpaired) electrons. The van der Waals surface area contributed by atoms with Crippen LogP contribution in [0.2, 0.25) is 0 Å². The predicted molar refractivity (Wildman–Crippen MR) is 92.6 cm³/mol. The number of aryl methyl sites for hydroxylation is 2. The zero-order valence-electron chi connectivity index (χ0n) is 14.2. The smallest absolute Gasteiger partial charge is 0.243 e. The summed E-state index contributed by atoms with van der Waals surface area (Å²) in [5.41, 5.74) is 2.99. The zero-order chi connectivity index (χ0) is 17.3. The average molecular weight is 346 g/mol. The lowest BCUT2D eigenvalue weighted by Gasteiger charge is -2.25. The van der Waals surface area contributed by atoms with Gasteiger partial charge in [0.15, 0.2) is 0 Å². The van der Waals surface area contributed by atoms with E-state index in [9.17, 15) is 8.42 Å². The molecule has 0 spiro atoms. The number of hydrogen-bond acceptors (Lipinski definition) is 4. The maximum Gasteiger partial charge on any atom is 0.243 e. The van der Waals surface area contributed by atoms with Crippen molar-refractivity contribution in [1.29, 1.82) is 0 Å². The third-order valence-corrected chi connectivity index (χ3v) is 6.45. The Labute approximate surface area is 143 Å². The predicted octanol–water partition coefficient (Wildman–Crippen LogP) is 3.23. The molecule has 0 amide bonds. The van der Waals surface area contributed by atoms with Crippen molar-refractivity contribution in [3.8, 4) is 5.88 Å². The van der Waals surface area contributed by atoms with Crippen LogP contribution in [0, 0.1) is 13.8 Å². The van der Waals surface area contributed by atoms with Crippen molar-refractivity contribution in [2.75, 3.05) is 13.7 Å². The highest BCUT2D eigenvalue weighted by Gasteiger charge is 2.37. The first-order valence-electron chi connectivity index (χ1n) is 8.02. The van der Waals surface area contributed by atoms with Crippen LogP contribution in [0.5, 0.6) is 5.88 Å². The van der Waals surface area contributed by atoms with Crippen LogP contribution in [-0.4, -0.2) is 31.4 Å². The van der Waals surface area contributed by atoms with E-state index in [2.05, 4.69) is 4.98 Å². The van der Waals surface area contributed by atoms with E-state index < -0.39 is 10.0 Å². The van der Waals surface area contributed by atoms with Crippen LogP contribution in [0.4, 0.5) is 0 Å². The molecule has 1 aliphatic rings. The van der Waals surface area contributed by atoms with Gasteiger partial charge in [-0.1, -0.05) is 17.7 Å². The number of methoxy groups -OCH3 is 1. The van der Waals surface area contributed by atoms with E-state index in [1.807, 2.05) is 32.0 Å². The summed E-state index contributed by atoms with van der Waals surface area (Å²) < 4.78 is 32.8. The van der Waals surface area contributed by atoms with E-state index in [4.69, 9.17) is 4.74 Å². The molecule has 2 heterocycles. The lowest BCUT2D eigenvalue weighted by molar-refractivity contribution is 0.386. The molecule has 6 heteroatoms. The Balaban J connectivity index is 1.97. The lowest BCUT2D eigenvalue weighted by Crippen LogP contribution is -2.31. The van der Waals surface area contributed by atoms with Crippen LogP contribution < -0.4 is 4.74 Å². The molecular weight excluding hydrogens is 324 g/mol. The van der Waals surface area contributed by atoms with Crippen molar-refractivity contribution in [2.45, 2.75) is 37.6 Å². The molecule has 0 aliphatic carbocycles. The minimum absolute atomic E-state index is 0.172. The number of nitrogens with zero attached hydrogens (tertiary/aromatic N) is 2. The summed E-state index contributed by atoms with van der Waals surface area (Å²) in [5.74, 6) is 0.544. The van der Waals surface area contributed by atoms with Gasteiger partial charge in [-0.25, -0.2) is 13.4 Å². The quantitative estimate of drug-likeness (QED) is 0.853. The summed E-state index contributed by atoms with van der Waals surface area (Å²) in [7, 11) is -1.94. The van der Waals surface area contributed by atoms with Gasteiger partial charge in [-0.2, -0.15) is 4.31 Å². The highest BCUT2D eigenvalue weighted by molar-refractivity contribution is 7.89. The SMILES string of the molecule is COc1cc(C)c([C@@H]2CCCN2S(=O)(=O)c2ccc(C)cc2)cn1. The summed E-state index contributed by atoms with van der Waals surface area (Å²) in [4.78, 5) is 4.61. The Morgan fingerprint density at radius 3 is 2.54 bits per heavy atom. The van der Waals surface area contributed by atoms with Crippen LogP contribution in [0.3, 0.4) is 0 Å². The first-order chi connectivity index (χ1) is 11.4. The summed E-state index contributed by atoms with van der Waals surface area (Å²) in [6, 6.07) is 8.70. The van der Waals surface area contributed by atoms with Gasteiger partial charge >= 0.3 is 0 Å². The number of benzene rings is 1. The molecule has 0 unspecified atom stereocenters. The van der Waals surface area contributed by atoms with Gasteiger partial charge in [0.2, 0.25) is 15.9 Å². The number of sulfonamides is 1. The number of pyridine rings is 1. The number of ether oxygens (including phenoxy) is 1. The third kappa shape index (κ3) is 3.03. The third-order valence-electron chi connectivity index (χ3n) is 4.53. The van der Waals surface area contributed by atoms with Crippen LogP contribution in [0.25, 0.3) is 0 Å². The largest absolute Gasteiger partial charge is 0.481 e. The van der Waals surface area contributed by atoms with Gasteiger partial charge in [-0.05, 0) is 49.9 Å². The second-order valence-corrected chi connectivity index (χ2v) is 8.06. The van der Waals surface area contributed by atoms with Crippen LogP contribution in [-0.2, 0) is 10.0 Å². The first-order valence-corrected chi connectivity index (χ1v) is 9.46. The Kier molecular flexibility index (Phi) is 4.60. The van der Waals surface area contributed by atoms with Crippen molar-refractivity contribution in [3.63, 3.8) is 0 Å². The van der Waals surface area contributed by atoms with Gasteiger partial charge < -0.3 is 4.74 Å². The first kappa shape index (κ1) is 16.9. The molecule has 128 valence electrons. The Morgan fingerprint density at radius 2 is 1.92 bits per heavy atom. The maximum atomic E-state index is 13.0. The summed E-state index contributed by atoms with van der Waals surface area (Å²) in [6.07, 6.45) is 3.39. The second-order valence-electron chi connectivity index (χ2n) is 6.17. The van der Waals surface area contributed by atoms with Crippen molar-refractivity contribution >= 4 is 10.0 Å². The molecule has 3 rings (SSSR count). The van der Waals surface area contributed by atoms with Gasteiger partial charge in [0.25, 0.3) is 0 Å². The molecule has 1 saturated heterocycles. The Bertz CT molecular complexity index is 832. The van der Waals surface area contributed by atoms with Crippen LogP contribution in [0.15, 0.2) is 41.4 Å². The fourth-order valence-corrected chi connectivity index (χ4v) is 4.86. The van der Waals surface area contributed by atoms with E-state index in [0.717, 1.165) is 29.5 Å². The Hall–Kier alpha value is -1.92. The van der Waals surface area contributed by atoms with E-state index in [0.29, 0.717) is 17.3 Å². The number of hydrogen-bond donors (Lipinski definition) is 0. The molecular formula is C18H22N2O3S. The molecule has 0 saturated carbocycles. The molecule has 0 bridgehead atoms. The van der Waals surface area contributed by atoms with Crippen molar-refractivity contribution < 1.29 is 13.2 Å². The fourth-order valence-electron chi connectivity index (χ4n) is 3.19. The zero-order valence-corrected chi connectivity index (χ0v) is 15.0. The van der Waals surface area contributed by atoms with Crippen molar-refractivity contribution in [1.82, 2.24) is 9.29 Å². The van der Waals surface area contributed by atoms with Crippen molar-refractivity contribution in [3.05, 3.63) is 53.2 Å². The molecule has 2 aromatic rings. The van der Waals surface area contributed by atoms with E-state index >= 15 is 0 Å². The highest BCUT2D eigenvalue weighted by atomic mass is 32.2. The highest BCUT2D eigenvalue weighted by Crippen LogP contribution is 2.38. The van der Waals surface area contributed by atoms with E-state index in [1.165, 1.54) is 0 Å². The molecule has 1 atom stereocenters. The average Bonchev–Trinajstić information content (AvgIpc) is 3.05. The van der Waals surface area contributed by atoms with Crippen LogP contribution >= 0.6 is 0 Å². The molecule has 0 N–H and O–H groups in total. The van der Waals surface area contributed by atoms with Crippen LogP contribution in [0.1, 0.15) is 35.6 Å². The van der Waals surface area contributed by atoms with E-state index in [-0.39, 0.29) is 6.04 Å². The van der Waals surface area contributed by atoms with Gasteiger partial charge in [0.05, 0.1) is 18.0 Å². The standard InChI is InChI=1S/C18H22N2O3S/c1-13-6-8-15(9-7-13)24(21,22)20-10-4-5-17(20)16-12-19-18(23-3)11-14(16)2/h6-9,11-12,17H,4-5,10H2,1-3H3/t17-/m0/s1. The lowest BCUT2D eigenvalue weighted by atomic mass is 10.0.